The van der Waals surface area contributed by atoms with Crippen LogP contribution in [-0.4, -0.2) is 23.8 Å². The van der Waals surface area contributed by atoms with Crippen LogP contribution in [0, 0.1) is 5.92 Å². The molecule has 1 aliphatic carbocycles. The van der Waals surface area contributed by atoms with Gasteiger partial charge in [-0.05, 0) is 25.3 Å². The average Bonchev–Trinajstić information content (AvgIpc) is 2.90. The molecule has 19 heavy (non-hydrogen) atoms. The fourth-order valence-corrected chi connectivity index (χ4v) is 2.32. The van der Waals surface area contributed by atoms with Crippen LogP contribution in [0.15, 0.2) is 4.52 Å². The maximum absolute atomic E-state index is 5.10. The van der Waals surface area contributed by atoms with E-state index in [0.717, 1.165) is 12.5 Å². The van der Waals surface area contributed by atoms with E-state index in [4.69, 9.17) is 9.26 Å². The molecule has 1 N–H and O–H groups in total. The molecule has 1 aromatic heterocycles. The molecule has 0 atom stereocenters. The highest BCUT2D eigenvalue weighted by Gasteiger charge is 2.13. The summed E-state index contributed by atoms with van der Waals surface area (Å²) in [6.45, 7) is 6.13. The molecule has 110 valence electrons. The van der Waals surface area contributed by atoms with Crippen LogP contribution in [0.2, 0.25) is 0 Å². The number of nitrogens with one attached hydrogen (secondary N) is 1. The second-order valence-corrected chi connectivity index (χ2v) is 4.67. The molecule has 5 nitrogen and oxygen atoms in total. The monoisotopic (exact) mass is 269 g/mol. The van der Waals surface area contributed by atoms with Crippen LogP contribution in [0.3, 0.4) is 0 Å². The third-order valence-electron chi connectivity index (χ3n) is 3.22. The summed E-state index contributed by atoms with van der Waals surface area (Å²) in [5.74, 6) is 2.08. The molecule has 0 radical (unpaired) electrons. The van der Waals surface area contributed by atoms with Crippen molar-refractivity contribution in [1.29, 1.82) is 0 Å². The van der Waals surface area contributed by atoms with Crippen LogP contribution < -0.4 is 5.32 Å². The lowest BCUT2D eigenvalue weighted by molar-refractivity contribution is 0.174. The van der Waals surface area contributed by atoms with E-state index in [9.17, 15) is 0 Å². The Balaban J connectivity index is 0.000000861. The zero-order valence-corrected chi connectivity index (χ0v) is 12.4. The Morgan fingerprint density at radius 3 is 2.68 bits per heavy atom. The van der Waals surface area contributed by atoms with Crippen LogP contribution in [-0.2, 0) is 17.9 Å². The zero-order chi connectivity index (χ0) is 13.9. The van der Waals surface area contributed by atoms with Crippen LogP contribution in [0.4, 0.5) is 0 Å². The maximum Gasteiger partial charge on any atom is 0.240 e. The Kier molecular flexibility index (Phi) is 8.41. The number of rotatable bonds is 6. The third-order valence-corrected chi connectivity index (χ3v) is 3.22. The largest absolute Gasteiger partial charge is 0.377 e. The second kappa shape index (κ2) is 9.92. The highest BCUT2D eigenvalue weighted by atomic mass is 16.5. The lowest BCUT2D eigenvalue weighted by atomic mass is 9.89. The van der Waals surface area contributed by atoms with Crippen molar-refractivity contribution in [1.82, 2.24) is 15.5 Å². The minimum atomic E-state index is 0.409. The third kappa shape index (κ3) is 6.16. The Hall–Kier alpha value is -0.940. The highest BCUT2D eigenvalue weighted by Crippen LogP contribution is 2.22. The topological polar surface area (TPSA) is 60.2 Å². The molecule has 0 unspecified atom stereocenters. The van der Waals surface area contributed by atoms with Crippen molar-refractivity contribution in [2.45, 2.75) is 59.1 Å². The predicted octanol–water partition coefficient (Wildman–Crippen LogP) is 2.91. The lowest BCUT2D eigenvalue weighted by Crippen LogP contribution is -2.24. The Labute approximate surface area is 116 Å². The molecule has 1 saturated carbocycles. The highest BCUT2D eigenvalue weighted by molar-refractivity contribution is 4.84. The summed E-state index contributed by atoms with van der Waals surface area (Å²) in [4.78, 5) is 4.22. The SMILES string of the molecule is CC.COCc1noc(CNCC2CCCCC2)n1. The van der Waals surface area contributed by atoms with Gasteiger partial charge in [-0.2, -0.15) is 4.98 Å². The predicted molar refractivity (Wildman–Crippen MR) is 74.6 cm³/mol. The van der Waals surface area contributed by atoms with Crippen molar-refractivity contribution >= 4 is 0 Å². The maximum atomic E-state index is 5.10. The summed E-state index contributed by atoms with van der Waals surface area (Å²) in [6, 6.07) is 0. The van der Waals surface area contributed by atoms with Gasteiger partial charge in [0.1, 0.15) is 6.61 Å². The molecule has 0 spiro atoms. The molecule has 0 aliphatic heterocycles. The summed E-state index contributed by atoms with van der Waals surface area (Å²) in [5.41, 5.74) is 0. The van der Waals surface area contributed by atoms with E-state index in [-0.39, 0.29) is 0 Å². The number of ether oxygens (including phenoxy) is 1. The van der Waals surface area contributed by atoms with Gasteiger partial charge >= 0.3 is 0 Å². The molecule has 0 amide bonds. The smallest absolute Gasteiger partial charge is 0.240 e. The molecular formula is C14H27N3O2. The summed E-state index contributed by atoms with van der Waals surface area (Å²) in [5, 5.41) is 7.21. The Bertz CT molecular complexity index is 322. The van der Waals surface area contributed by atoms with Crippen molar-refractivity contribution in [2.75, 3.05) is 13.7 Å². The first-order chi connectivity index (χ1) is 9.38. The summed E-state index contributed by atoms with van der Waals surface area (Å²) in [6.07, 6.45) is 6.87. The zero-order valence-electron chi connectivity index (χ0n) is 12.4. The van der Waals surface area contributed by atoms with Crippen molar-refractivity contribution in [3.8, 4) is 0 Å². The van der Waals surface area contributed by atoms with Crippen LogP contribution >= 0.6 is 0 Å². The van der Waals surface area contributed by atoms with Crippen molar-refractivity contribution in [3.63, 3.8) is 0 Å². The van der Waals surface area contributed by atoms with E-state index in [0.29, 0.717) is 24.9 Å². The number of hydrogen-bond donors (Lipinski definition) is 1. The minimum Gasteiger partial charge on any atom is -0.377 e. The van der Waals surface area contributed by atoms with Gasteiger partial charge < -0.3 is 14.6 Å². The first-order valence-corrected chi connectivity index (χ1v) is 7.39. The summed E-state index contributed by atoms with van der Waals surface area (Å²) < 4.78 is 10.0. The van der Waals surface area contributed by atoms with Crippen molar-refractivity contribution in [3.05, 3.63) is 11.7 Å². The Morgan fingerprint density at radius 1 is 1.26 bits per heavy atom. The van der Waals surface area contributed by atoms with Gasteiger partial charge in [0.05, 0.1) is 6.54 Å². The van der Waals surface area contributed by atoms with E-state index < -0.39 is 0 Å². The van der Waals surface area contributed by atoms with Gasteiger partial charge in [0, 0.05) is 7.11 Å². The second-order valence-electron chi connectivity index (χ2n) is 4.67. The van der Waals surface area contributed by atoms with Gasteiger partial charge in [-0.25, -0.2) is 0 Å². The van der Waals surface area contributed by atoms with Crippen molar-refractivity contribution < 1.29 is 9.26 Å². The van der Waals surface area contributed by atoms with E-state index in [1.807, 2.05) is 13.8 Å². The molecule has 2 rings (SSSR count). The number of methoxy groups -OCH3 is 1. The molecule has 1 heterocycles. The van der Waals surface area contributed by atoms with Gasteiger partial charge in [0.25, 0.3) is 0 Å². The quantitative estimate of drug-likeness (QED) is 0.860. The molecule has 0 aromatic carbocycles. The number of aromatic nitrogens is 2. The van der Waals surface area contributed by atoms with Crippen LogP contribution in [0.5, 0.6) is 0 Å². The first-order valence-electron chi connectivity index (χ1n) is 7.39. The summed E-state index contributed by atoms with van der Waals surface area (Å²) in [7, 11) is 1.62. The number of hydrogen-bond acceptors (Lipinski definition) is 5. The standard InChI is InChI=1S/C12H21N3O2.C2H6/c1-16-9-11-14-12(17-15-11)8-13-7-10-5-3-2-4-6-10;1-2/h10,13H,2-9H2,1H3;1-2H3. The Morgan fingerprint density at radius 2 is 2.00 bits per heavy atom. The molecule has 0 bridgehead atoms. The molecule has 1 aromatic rings. The van der Waals surface area contributed by atoms with Crippen LogP contribution in [0.25, 0.3) is 0 Å². The molecule has 1 aliphatic rings. The first kappa shape index (κ1) is 16.1. The van der Waals surface area contributed by atoms with E-state index in [1.54, 1.807) is 7.11 Å². The molecule has 5 heteroatoms. The minimum absolute atomic E-state index is 0.409. The van der Waals surface area contributed by atoms with Gasteiger partial charge in [0.15, 0.2) is 5.82 Å². The summed E-state index contributed by atoms with van der Waals surface area (Å²) >= 11 is 0. The van der Waals surface area contributed by atoms with Gasteiger partial charge in [-0.1, -0.05) is 38.3 Å². The van der Waals surface area contributed by atoms with E-state index in [2.05, 4.69) is 15.5 Å². The fourth-order valence-electron chi connectivity index (χ4n) is 2.32. The fraction of sp³-hybridized carbons (Fsp3) is 0.857. The average molecular weight is 269 g/mol. The van der Waals surface area contributed by atoms with Gasteiger partial charge in [0.2, 0.25) is 5.89 Å². The normalized spacial score (nSPS) is 15.9. The van der Waals surface area contributed by atoms with Crippen molar-refractivity contribution in [2.24, 2.45) is 5.92 Å². The molecular weight excluding hydrogens is 242 g/mol. The van der Waals surface area contributed by atoms with E-state index >= 15 is 0 Å². The number of nitrogens with zero attached hydrogens (tertiary/aromatic N) is 2. The molecule has 0 saturated heterocycles. The van der Waals surface area contributed by atoms with Gasteiger partial charge in [-0.15, -0.1) is 0 Å². The van der Waals surface area contributed by atoms with Gasteiger partial charge in [-0.3, -0.25) is 0 Å². The lowest BCUT2D eigenvalue weighted by Gasteiger charge is -2.21. The van der Waals surface area contributed by atoms with Crippen LogP contribution in [0.1, 0.15) is 57.7 Å². The molecule has 1 fully saturated rings. The van der Waals surface area contributed by atoms with E-state index in [1.165, 1.54) is 32.1 Å².